The minimum atomic E-state index is 0.119. The lowest BCUT2D eigenvalue weighted by Gasteiger charge is -2.22. The van der Waals surface area contributed by atoms with Gasteiger partial charge in [-0.15, -0.1) is 11.8 Å². The number of hydrogen-bond acceptors (Lipinski definition) is 3. The number of aliphatic hydroxyl groups is 1. The molecule has 2 N–H and O–H groups in total. The molecule has 0 spiro atoms. The monoisotopic (exact) mass is 267 g/mol. The van der Waals surface area contributed by atoms with Gasteiger partial charge in [-0.05, 0) is 39.3 Å². The zero-order chi connectivity index (χ0) is 13.8. The van der Waals surface area contributed by atoms with E-state index in [4.69, 9.17) is 5.11 Å². The lowest BCUT2D eigenvalue weighted by Crippen LogP contribution is -2.35. The van der Waals surface area contributed by atoms with Crippen LogP contribution in [0.2, 0.25) is 0 Å². The lowest BCUT2D eigenvalue weighted by molar-refractivity contribution is 0.300. The first kappa shape index (κ1) is 15.5. The summed E-state index contributed by atoms with van der Waals surface area (Å²) in [6.45, 7) is 11.8. The minimum Gasteiger partial charge on any atom is -0.395 e. The van der Waals surface area contributed by atoms with Crippen LogP contribution in [-0.4, -0.2) is 22.5 Å². The first-order chi connectivity index (χ1) is 8.31. The molecule has 0 heterocycles. The Kier molecular flexibility index (Phi) is 5.70. The Morgan fingerprint density at radius 1 is 1.33 bits per heavy atom. The van der Waals surface area contributed by atoms with Crippen LogP contribution in [0.1, 0.15) is 38.8 Å². The topological polar surface area (TPSA) is 32.3 Å². The van der Waals surface area contributed by atoms with Crippen LogP contribution in [0.25, 0.3) is 0 Å². The maximum atomic E-state index is 9.16. The van der Waals surface area contributed by atoms with Crippen molar-refractivity contribution in [3.63, 3.8) is 0 Å². The zero-order valence-electron chi connectivity index (χ0n) is 12.1. The molecule has 0 aliphatic carbocycles. The van der Waals surface area contributed by atoms with Gasteiger partial charge in [0.1, 0.15) is 0 Å². The van der Waals surface area contributed by atoms with Crippen LogP contribution in [0.5, 0.6) is 0 Å². The van der Waals surface area contributed by atoms with Crippen LogP contribution in [0.4, 0.5) is 0 Å². The standard InChI is InChI=1S/C15H25NOS/c1-11-6-7-14(18-12(2)10-17)13(8-11)9-16-15(3,4)5/h6-8,12,16-17H,9-10H2,1-5H3. The van der Waals surface area contributed by atoms with Crippen LogP contribution in [0, 0.1) is 6.92 Å². The average molecular weight is 267 g/mol. The molecule has 0 aliphatic rings. The van der Waals surface area contributed by atoms with E-state index in [1.165, 1.54) is 16.0 Å². The van der Waals surface area contributed by atoms with Gasteiger partial charge in [-0.25, -0.2) is 0 Å². The summed E-state index contributed by atoms with van der Waals surface area (Å²) in [5.74, 6) is 0. The number of aryl methyl sites for hydroxylation is 1. The molecular weight excluding hydrogens is 242 g/mol. The van der Waals surface area contributed by atoms with Crippen molar-refractivity contribution in [3.05, 3.63) is 29.3 Å². The zero-order valence-corrected chi connectivity index (χ0v) is 12.9. The molecule has 0 fully saturated rings. The van der Waals surface area contributed by atoms with Crippen molar-refractivity contribution in [1.29, 1.82) is 0 Å². The molecule has 0 aliphatic heterocycles. The van der Waals surface area contributed by atoms with Gasteiger partial charge in [0.25, 0.3) is 0 Å². The molecule has 2 nitrogen and oxygen atoms in total. The second-order valence-corrected chi connectivity index (χ2v) is 7.31. The summed E-state index contributed by atoms with van der Waals surface area (Å²) in [5, 5.41) is 12.9. The molecule has 0 saturated carbocycles. The molecule has 0 amide bonds. The van der Waals surface area contributed by atoms with E-state index >= 15 is 0 Å². The second kappa shape index (κ2) is 6.60. The van der Waals surface area contributed by atoms with Crippen molar-refractivity contribution in [2.75, 3.05) is 6.61 Å². The fraction of sp³-hybridized carbons (Fsp3) is 0.600. The van der Waals surface area contributed by atoms with Gasteiger partial charge in [0.05, 0.1) is 6.61 Å². The van der Waals surface area contributed by atoms with Gasteiger partial charge in [0.2, 0.25) is 0 Å². The number of benzene rings is 1. The smallest absolute Gasteiger partial charge is 0.0550 e. The Hall–Kier alpha value is -0.510. The third kappa shape index (κ3) is 5.42. The summed E-state index contributed by atoms with van der Waals surface area (Å²) in [7, 11) is 0. The molecule has 102 valence electrons. The van der Waals surface area contributed by atoms with Gasteiger partial charge >= 0.3 is 0 Å². The van der Waals surface area contributed by atoms with Crippen LogP contribution in [0.3, 0.4) is 0 Å². The number of thioether (sulfide) groups is 1. The third-order valence-corrected chi connectivity index (χ3v) is 3.81. The summed E-state index contributed by atoms with van der Waals surface area (Å²) >= 11 is 1.74. The van der Waals surface area contributed by atoms with Crippen molar-refractivity contribution in [3.8, 4) is 0 Å². The molecule has 18 heavy (non-hydrogen) atoms. The molecule has 1 aromatic rings. The summed E-state index contributed by atoms with van der Waals surface area (Å²) in [6.07, 6.45) is 0. The van der Waals surface area contributed by atoms with E-state index < -0.39 is 0 Å². The molecule has 1 rings (SSSR count). The fourth-order valence-electron chi connectivity index (χ4n) is 1.58. The third-order valence-electron chi connectivity index (χ3n) is 2.61. The molecule has 0 bridgehead atoms. The van der Waals surface area contributed by atoms with Crippen molar-refractivity contribution >= 4 is 11.8 Å². The molecule has 1 atom stereocenters. The number of nitrogens with one attached hydrogen (secondary N) is 1. The average Bonchev–Trinajstić information content (AvgIpc) is 2.28. The highest BCUT2D eigenvalue weighted by atomic mass is 32.2. The SMILES string of the molecule is Cc1ccc(SC(C)CO)c(CNC(C)(C)C)c1. The van der Waals surface area contributed by atoms with Gasteiger partial charge < -0.3 is 10.4 Å². The summed E-state index contributed by atoms with van der Waals surface area (Å²) in [6, 6.07) is 6.52. The van der Waals surface area contributed by atoms with Crippen LogP contribution < -0.4 is 5.32 Å². The number of aliphatic hydroxyl groups excluding tert-OH is 1. The molecule has 0 radical (unpaired) electrons. The quantitative estimate of drug-likeness (QED) is 0.802. The number of hydrogen-bond donors (Lipinski definition) is 2. The van der Waals surface area contributed by atoms with E-state index in [0.717, 1.165) is 6.54 Å². The van der Waals surface area contributed by atoms with E-state index in [1.54, 1.807) is 11.8 Å². The second-order valence-electron chi connectivity index (χ2n) is 5.83. The maximum Gasteiger partial charge on any atom is 0.0550 e. The molecule has 0 saturated heterocycles. The number of rotatable bonds is 5. The van der Waals surface area contributed by atoms with E-state index in [9.17, 15) is 0 Å². The molecule has 3 heteroatoms. The first-order valence-electron chi connectivity index (χ1n) is 6.44. The van der Waals surface area contributed by atoms with Gasteiger partial charge in [-0.1, -0.05) is 24.6 Å². The highest BCUT2D eigenvalue weighted by molar-refractivity contribution is 8.00. The van der Waals surface area contributed by atoms with Gasteiger partial charge in [0, 0.05) is 22.2 Å². The summed E-state index contributed by atoms with van der Waals surface area (Å²) < 4.78 is 0. The Morgan fingerprint density at radius 2 is 2.00 bits per heavy atom. The van der Waals surface area contributed by atoms with E-state index in [-0.39, 0.29) is 17.4 Å². The first-order valence-corrected chi connectivity index (χ1v) is 7.32. The van der Waals surface area contributed by atoms with Crippen molar-refractivity contribution in [1.82, 2.24) is 5.32 Å². The highest BCUT2D eigenvalue weighted by Crippen LogP contribution is 2.27. The fourth-order valence-corrected chi connectivity index (χ4v) is 2.51. The van der Waals surface area contributed by atoms with Crippen LogP contribution in [0.15, 0.2) is 23.1 Å². The predicted octanol–water partition coefficient (Wildman–Crippen LogP) is 3.36. The largest absolute Gasteiger partial charge is 0.395 e. The highest BCUT2D eigenvalue weighted by Gasteiger charge is 2.12. The normalized spacial score (nSPS) is 13.7. The summed E-state index contributed by atoms with van der Waals surface area (Å²) in [5.41, 5.74) is 2.71. The Balaban J connectivity index is 2.83. The molecule has 1 aromatic carbocycles. The van der Waals surface area contributed by atoms with E-state index in [0.29, 0.717) is 0 Å². The molecule has 0 aromatic heterocycles. The van der Waals surface area contributed by atoms with Crippen molar-refractivity contribution in [2.24, 2.45) is 0 Å². The minimum absolute atomic E-state index is 0.119. The summed E-state index contributed by atoms with van der Waals surface area (Å²) in [4.78, 5) is 1.26. The predicted molar refractivity (Wildman–Crippen MR) is 80.2 cm³/mol. The van der Waals surface area contributed by atoms with Crippen molar-refractivity contribution in [2.45, 2.75) is 56.8 Å². The van der Waals surface area contributed by atoms with Gasteiger partial charge in [-0.3, -0.25) is 0 Å². The Bertz CT molecular complexity index is 385. The van der Waals surface area contributed by atoms with Crippen molar-refractivity contribution < 1.29 is 5.11 Å². The Morgan fingerprint density at radius 3 is 2.56 bits per heavy atom. The molecular formula is C15H25NOS. The van der Waals surface area contributed by atoms with Gasteiger partial charge in [-0.2, -0.15) is 0 Å². The van der Waals surface area contributed by atoms with E-state index in [1.807, 2.05) is 6.92 Å². The van der Waals surface area contributed by atoms with E-state index in [2.05, 4.69) is 51.2 Å². The van der Waals surface area contributed by atoms with Crippen LogP contribution in [-0.2, 0) is 6.54 Å². The Labute approximate surface area is 115 Å². The lowest BCUT2D eigenvalue weighted by atomic mass is 10.1. The van der Waals surface area contributed by atoms with Gasteiger partial charge in [0.15, 0.2) is 0 Å². The molecule has 1 unspecified atom stereocenters. The van der Waals surface area contributed by atoms with Crippen LogP contribution >= 0.6 is 11.8 Å². The maximum absolute atomic E-state index is 9.16.